The van der Waals surface area contributed by atoms with Gasteiger partial charge in [-0.25, -0.2) is 4.98 Å². The predicted octanol–water partition coefficient (Wildman–Crippen LogP) is 11.3. The third-order valence-corrected chi connectivity index (χ3v) is 11.6. The van der Waals surface area contributed by atoms with E-state index in [0.717, 1.165) is 28.6 Å². The monoisotopic (exact) mass is 728 g/mol. The van der Waals surface area contributed by atoms with Crippen molar-refractivity contribution in [2.75, 3.05) is 24.3 Å². The standard InChI is InChI=1S/C26H33ClO2S.C17H24N4/c1-4-9-24(27)13-8-10-19(2)30-26(20(3)28)18-25(29)23-16-14-22(15-17-23)21-11-6-5-7-12-21;1-12-8-10-13(11-9-12)18-17-19-15-7-5-4-6-14(15)16(20-17)21(2)3/h4,8-10,14-17,19,21,26H,1,5-7,11-13,18H2,2-3H3;4-7,12-13H,8-11H2,1-3H3,(H,18,19,20)/b10-8-,24-9+;. The van der Waals surface area contributed by atoms with Crippen LogP contribution in [-0.2, 0) is 4.79 Å². The first kappa shape index (κ1) is 40.4. The Bertz CT molecular complexity index is 1640. The number of carbonyl (C=O) groups excluding carboxylic acids is 2. The predicted molar refractivity (Wildman–Crippen MR) is 220 cm³/mol. The van der Waals surface area contributed by atoms with E-state index < -0.39 is 0 Å². The molecule has 6 nitrogen and oxygen atoms in total. The van der Waals surface area contributed by atoms with Gasteiger partial charge >= 0.3 is 0 Å². The fourth-order valence-corrected chi connectivity index (χ4v) is 8.21. The highest BCUT2D eigenvalue weighted by molar-refractivity contribution is 8.01. The van der Waals surface area contributed by atoms with E-state index in [1.807, 2.05) is 57.4 Å². The van der Waals surface area contributed by atoms with Crippen LogP contribution in [0.15, 0.2) is 84.4 Å². The summed E-state index contributed by atoms with van der Waals surface area (Å²) >= 11 is 7.58. The maximum Gasteiger partial charge on any atom is 0.225 e. The van der Waals surface area contributed by atoms with Gasteiger partial charge in [0, 0.05) is 54.2 Å². The molecule has 51 heavy (non-hydrogen) atoms. The number of benzene rings is 2. The average molecular weight is 729 g/mol. The highest BCUT2D eigenvalue weighted by atomic mass is 35.5. The molecule has 2 aliphatic carbocycles. The normalized spacial score (nSPS) is 19.5. The summed E-state index contributed by atoms with van der Waals surface area (Å²) in [6.07, 6.45) is 19.8. The van der Waals surface area contributed by atoms with Crippen molar-refractivity contribution >= 4 is 57.6 Å². The first-order chi connectivity index (χ1) is 24.5. The summed E-state index contributed by atoms with van der Waals surface area (Å²) in [6.45, 7) is 9.57. The third kappa shape index (κ3) is 12.9. The lowest BCUT2D eigenvalue weighted by atomic mass is 9.84. The number of hydrogen-bond acceptors (Lipinski definition) is 7. The zero-order valence-corrected chi connectivity index (χ0v) is 32.8. The Morgan fingerprint density at radius 1 is 1.00 bits per heavy atom. The first-order valence-corrected chi connectivity index (χ1v) is 20.0. The number of halogens is 1. The van der Waals surface area contributed by atoms with E-state index in [4.69, 9.17) is 16.6 Å². The van der Waals surface area contributed by atoms with Gasteiger partial charge in [0.15, 0.2) is 5.78 Å². The van der Waals surface area contributed by atoms with Gasteiger partial charge in [-0.15, -0.1) is 11.8 Å². The smallest absolute Gasteiger partial charge is 0.225 e. The third-order valence-electron chi connectivity index (χ3n) is 9.89. The minimum absolute atomic E-state index is 0.0334. The molecular formula is C43H57ClN4O2S. The van der Waals surface area contributed by atoms with Crippen molar-refractivity contribution in [3.63, 3.8) is 0 Å². The number of rotatable bonds is 14. The SMILES string of the molecule is C=C/C=C(/Cl)C/C=C\C(C)SC(CC(=O)c1ccc(C2CCCCC2)cc1)C(C)=O.CC1CCC(Nc2nc(N(C)C)c3ccccc3n2)CC1. The molecule has 0 spiro atoms. The van der Waals surface area contributed by atoms with E-state index >= 15 is 0 Å². The van der Waals surface area contributed by atoms with Gasteiger partial charge in [-0.3, -0.25) is 9.59 Å². The molecule has 2 atom stereocenters. The second-order valence-electron chi connectivity index (χ2n) is 14.4. The van der Waals surface area contributed by atoms with Crippen molar-refractivity contribution in [3.8, 4) is 0 Å². The molecule has 2 fully saturated rings. The molecule has 0 amide bonds. The number of ketones is 2. The van der Waals surface area contributed by atoms with Crippen LogP contribution >= 0.6 is 23.4 Å². The summed E-state index contributed by atoms with van der Waals surface area (Å²) in [5, 5.41) is 5.14. The molecule has 2 aliphatic rings. The fourth-order valence-electron chi connectivity index (χ4n) is 6.88. The summed E-state index contributed by atoms with van der Waals surface area (Å²) in [5.74, 6) is 3.30. The molecule has 2 unspecified atom stereocenters. The van der Waals surface area contributed by atoms with Gasteiger partial charge in [0.05, 0.1) is 10.8 Å². The Kier molecular flexibility index (Phi) is 16.3. The summed E-state index contributed by atoms with van der Waals surface area (Å²) in [5.41, 5.74) is 3.04. The Hall–Kier alpha value is -3.42. The molecule has 1 heterocycles. The first-order valence-electron chi connectivity index (χ1n) is 18.7. The van der Waals surface area contributed by atoms with Gasteiger partial charge in [-0.05, 0) is 88.0 Å². The lowest BCUT2D eigenvalue weighted by molar-refractivity contribution is -0.116. The minimum atomic E-state index is -0.339. The topological polar surface area (TPSA) is 75.2 Å². The van der Waals surface area contributed by atoms with Crippen LogP contribution in [0.5, 0.6) is 0 Å². The van der Waals surface area contributed by atoms with Crippen LogP contribution in [0.25, 0.3) is 10.9 Å². The molecule has 274 valence electrons. The molecule has 5 rings (SSSR count). The van der Waals surface area contributed by atoms with Crippen LogP contribution in [0, 0.1) is 5.92 Å². The van der Waals surface area contributed by atoms with E-state index in [1.54, 1.807) is 19.1 Å². The molecule has 1 N–H and O–H groups in total. The Balaban J connectivity index is 0.000000242. The number of nitrogens with one attached hydrogen (secondary N) is 1. The Morgan fingerprint density at radius 2 is 1.69 bits per heavy atom. The van der Waals surface area contributed by atoms with E-state index in [2.05, 4.69) is 53.0 Å². The molecule has 2 saturated carbocycles. The molecule has 3 aromatic rings. The quantitative estimate of drug-likeness (QED) is 0.101. The van der Waals surface area contributed by atoms with Crippen molar-refractivity contribution in [1.29, 1.82) is 0 Å². The lowest BCUT2D eigenvalue weighted by Gasteiger charge is -2.27. The van der Waals surface area contributed by atoms with Crippen molar-refractivity contribution in [1.82, 2.24) is 9.97 Å². The number of fused-ring (bicyclic) bond motifs is 1. The summed E-state index contributed by atoms with van der Waals surface area (Å²) < 4.78 is 0. The van der Waals surface area contributed by atoms with Crippen LogP contribution in [0.2, 0.25) is 0 Å². The Morgan fingerprint density at radius 3 is 2.33 bits per heavy atom. The highest BCUT2D eigenvalue weighted by Crippen LogP contribution is 2.33. The van der Waals surface area contributed by atoms with Gasteiger partial charge < -0.3 is 10.2 Å². The van der Waals surface area contributed by atoms with Crippen LogP contribution in [0.4, 0.5) is 11.8 Å². The van der Waals surface area contributed by atoms with Crippen molar-refractivity contribution in [2.24, 2.45) is 5.92 Å². The molecule has 0 bridgehead atoms. The molecule has 0 radical (unpaired) electrons. The summed E-state index contributed by atoms with van der Waals surface area (Å²) in [6, 6.07) is 16.8. The van der Waals surface area contributed by atoms with E-state index in [-0.39, 0.29) is 28.5 Å². The number of para-hydroxylation sites is 1. The average Bonchev–Trinajstić information content (AvgIpc) is 3.12. The maximum absolute atomic E-state index is 12.8. The van der Waals surface area contributed by atoms with Crippen LogP contribution in [0.1, 0.15) is 113 Å². The number of aromatic nitrogens is 2. The van der Waals surface area contributed by atoms with Gasteiger partial charge in [-0.1, -0.05) is 99.0 Å². The number of Topliss-reactive ketones (excluding diaryl/α,β-unsaturated/α-hetero) is 2. The fraction of sp³-hybridized carbons (Fsp3) is 0.488. The van der Waals surface area contributed by atoms with Crippen molar-refractivity contribution in [2.45, 2.75) is 114 Å². The van der Waals surface area contributed by atoms with Crippen LogP contribution < -0.4 is 10.2 Å². The molecule has 8 heteroatoms. The summed E-state index contributed by atoms with van der Waals surface area (Å²) in [4.78, 5) is 36.4. The van der Waals surface area contributed by atoms with Gasteiger partial charge in [0.25, 0.3) is 0 Å². The van der Waals surface area contributed by atoms with E-state index in [0.29, 0.717) is 29.0 Å². The van der Waals surface area contributed by atoms with E-state index in [9.17, 15) is 9.59 Å². The molecule has 2 aromatic carbocycles. The number of carbonyl (C=O) groups is 2. The number of allylic oxidation sites excluding steroid dienone is 4. The molecular weight excluding hydrogens is 672 g/mol. The van der Waals surface area contributed by atoms with Crippen LogP contribution in [0.3, 0.4) is 0 Å². The molecule has 1 aromatic heterocycles. The second-order valence-corrected chi connectivity index (χ2v) is 16.5. The zero-order chi connectivity index (χ0) is 36.8. The largest absolute Gasteiger partial charge is 0.362 e. The lowest BCUT2D eigenvalue weighted by Crippen LogP contribution is -2.26. The molecule has 0 saturated heterocycles. The second kappa shape index (κ2) is 20.6. The van der Waals surface area contributed by atoms with Crippen molar-refractivity contribution < 1.29 is 9.59 Å². The number of anilines is 2. The van der Waals surface area contributed by atoms with E-state index in [1.165, 1.54) is 75.1 Å². The van der Waals surface area contributed by atoms with Gasteiger partial charge in [0.1, 0.15) is 11.6 Å². The number of thioether (sulfide) groups is 1. The number of nitrogens with zero attached hydrogens (tertiary/aromatic N) is 3. The van der Waals surface area contributed by atoms with Crippen molar-refractivity contribution in [3.05, 3.63) is 95.6 Å². The summed E-state index contributed by atoms with van der Waals surface area (Å²) in [7, 11) is 4.06. The zero-order valence-electron chi connectivity index (χ0n) is 31.2. The Labute approximate surface area is 315 Å². The van der Waals surface area contributed by atoms with Gasteiger partial charge in [-0.2, -0.15) is 4.98 Å². The highest BCUT2D eigenvalue weighted by Gasteiger charge is 2.23. The molecule has 0 aliphatic heterocycles. The number of hydrogen-bond donors (Lipinski definition) is 1. The maximum atomic E-state index is 12.8. The van der Waals surface area contributed by atoms with Crippen LogP contribution in [-0.4, -0.2) is 52.2 Å². The minimum Gasteiger partial charge on any atom is -0.362 e. The van der Waals surface area contributed by atoms with Gasteiger partial charge in [0.2, 0.25) is 5.95 Å².